The molecule has 0 aromatic heterocycles. The predicted molar refractivity (Wildman–Crippen MR) is 58.2 cm³/mol. The number of halogens is 2. The molecule has 0 radical (unpaired) electrons. The van der Waals surface area contributed by atoms with E-state index in [9.17, 15) is 4.39 Å². The largest absolute Gasteiger partial charge is 0.496 e. The van der Waals surface area contributed by atoms with Gasteiger partial charge in [0.15, 0.2) is 0 Å². The zero-order valence-corrected chi connectivity index (χ0v) is 9.55. The summed E-state index contributed by atoms with van der Waals surface area (Å²) in [5.41, 5.74) is 6.64. The lowest BCUT2D eigenvalue weighted by Crippen LogP contribution is -2.12. The van der Waals surface area contributed by atoms with Crippen LogP contribution in [0.25, 0.3) is 0 Å². The lowest BCUT2D eigenvalue weighted by molar-refractivity contribution is 0.395. The number of nitrogens with two attached hydrogens (primary N) is 1. The Morgan fingerprint density at radius 1 is 1.57 bits per heavy atom. The summed E-state index contributed by atoms with van der Waals surface area (Å²) in [7, 11) is 1.58. The Bertz CT molecular complexity index is 306. The molecule has 0 unspecified atom stereocenters. The van der Waals surface area contributed by atoms with Gasteiger partial charge in [-0.05, 0) is 24.6 Å². The molecule has 0 aliphatic heterocycles. The molecule has 1 aromatic rings. The highest BCUT2D eigenvalue weighted by Gasteiger charge is 2.11. The number of hydrogen-bond donors (Lipinski definition) is 1. The fraction of sp³-hybridized carbons (Fsp3) is 0.400. The highest BCUT2D eigenvalue weighted by Crippen LogP contribution is 2.28. The fourth-order valence-corrected chi connectivity index (χ4v) is 1.65. The Morgan fingerprint density at radius 2 is 2.29 bits per heavy atom. The standard InChI is InChI=1S/C10H13BrFNO/c1-14-10-3-2-7(11)6-8(10)9(13)4-5-12/h2-3,6,9H,4-5,13H2,1H3/t9-/m0/s1. The minimum Gasteiger partial charge on any atom is -0.496 e. The summed E-state index contributed by atoms with van der Waals surface area (Å²) in [5, 5.41) is 0. The summed E-state index contributed by atoms with van der Waals surface area (Å²) in [6.07, 6.45) is 0.312. The van der Waals surface area contributed by atoms with Crippen LogP contribution in [0.1, 0.15) is 18.0 Å². The van der Waals surface area contributed by atoms with Gasteiger partial charge < -0.3 is 10.5 Å². The summed E-state index contributed by atoms with van der Waals surface area (Å²) in [5.74, 6) is 0.703. The highest BCUT2D eigenvalue weighted by molar-refractivity contribution is 9.10. The van der Waals surface area contributed by atoms with Gasteiger partial charge in [-0.3, -0.25) is 4.39 Å². The van der Waals surface area contributed by atoms with Gasteiger partial charge in [0.05, 0.1) is 13.8 Å². The first kappa shape index (κ1) is 11.5. The second-order valence-electron chi connectivity index (χ2n) is 2.97. The number of alkyl halides is 1. The van der Waals surface area contributed by atoms with Crippen LogP contribution in [0.2, 0.25) is 0 Å². The SMILES string of the molecule is COc1ccc(Br)cc1[C@@H](N)CCF. The zero-order chi connectivity index (χ0) is 10.6. The Hall–Kier alpha value is -0.610. The minimum absolute atomic E-state index is 0.312. The number of hydrogen-bond acceptors (Lipinski definition) is 2. The van der Waals surface area contributed by atoms with Crippen molar-refractivity contribution in [3.63, 3.8) is 0 Å². The topological polar surface area (TPSA) is 35.2 Å². The van der Waals surface area contributed by atoms with Crippen LogP contribution in [-0.4, -0.2) is 13.8 Å². The molecule has 0 spiro atoms. The third kappa shape index (κ3) is 2.69. The molecule has 1 atom stereocenters. The van der Waals surface area contributed by atoms with Crippen LogP contribution in [0.15, 0.2) is 22.7 Å². The molecule has 1 rings (SSSR count). The van der Waals surface area contributed by atoms with E-state index in [0.29, 0.717) is 12.2 Å². The van der Waals surface area contributed by atoms with E-state index in [4.69, 9.17) is 10.5 Å². The molecule has 0 fully saturated rings. The van der Waals surface area contributed by atoms with Crippen molar-refractivity contribution in [1.29, 1.82) is 0 Å². The second-order valence-corrected chi connectivity index (χ2v) is 3.89. The molecule has 0 aliphatic carbocycles. The van der Waals surface area contributed by atoms with Crippen molar-refractivity contribution in [3.05, 3.63) is 28.2 Å². The molecule has 2 N–H and O–H groups in total. The minimum atomic E-state index is -0.420. The fourth-order valence-electron chi connectivity index (χ4n) is 1.27. The molecule has 0 saturated carbocycles. The van der Waals surface area contributed by atoms with Gasteiger partial charge in [0.1, 0.15) is 5.75 Å². The third-order valence-corrected chi connectivity index (χ3v) is 2.50. The summed E-state index contributed by atoms with van der Waals surface area (Å²) in [4.78, 5) is 0. The molecule has 2 nitrogen and oxygen atoms in total. The van der Waals surface area contributed by atoms with Crippen molar-refractivity contribution >= 4 is 15.9 Å². The summed E-state index contributed by atoms with van der Waals surface area (Å²) in [6, 6.07) is 5.23. The Balaban J connectivity index is 2.97. The van der Waals surface area contributed by atoms with E-state index in [0.717, 1.165) is 10.0 Å². The number of methoxy groups -OCH3 is 1. The summed E-state index contributed by atoms with van der Waals surface area (Å²) >= 11 is 3.34. The highest BCUT2D eigenvalue weighted by atomic mass is 79.9. The number of benzene rings is 1. The van der Waals surface area contributed by atoms with Crippen LogP contribution in [0.5, 0.6) is 5.75 Å². The Labute approximate surface area is 91.4 Å². The van der Waals surface area contributed by atoms with Crippen LogP contribution < -0.4 is 10.5 Å². The quantitative estimate of drug-likeness (QED) is 0.905. The summed E-state index contributed by atoms with van der Waals surface area (Å²) in [6.45, 7) is -0.420. The molecule has 4 heteroatoms. The molecule has 0 bridgehead atoms. The smallest absolute Gasteiger partial charge is 0.123 e. The number of ether oxygens (including phenoxy) is 1. The van der Waals surface area contributed by atoms with Crippen molar-refractivity contribution in [2.45, 2.75) is 12.5 Å². The monoisotopic (exact) mass is 261 g/mol. The molecule has 1 aromatic carbocycles. The van der Waals surface area contributed by atoms with Crippen LogP contribution in [-0.2, 0) is 0 Å². The van der Waals surface area contributed by atoms with E-state index in [1.807, 2.05) is 18.2 Å². The van der Waals surface area contributed by atoms with Gasteiger partial charge in [0, 0.05) is 16.1 Å². The van der Waals surface area contributed by atoms with Gasteiger partial charge in [0.2, 0.25) is 0 Å². The van der Waals surface area contributed by atoms with E-state index in [1.165, 1.54) is 0 Å². The van der Waals surface area contributed by atoms with Crippen molar-refractivity contribution in [1.82, 2.24) is 0 Å². The van der Waals surface area contributed by atoms with Gasteiger partial charge >= 0.3 is 0 Å². The van der Waals surface area contributed by atoms with Crippen molar-refractivity contribution in [3.8, 4) is 5.75 Å². The molecule has 0 amide bonds. The summed E-state index contributed by atoms with van der Waals surface area (Å²) < 4.78 is 18.2. The van der Waals surface area contributed by atoms with Crippen LogP contribution in [0, 0.1) is 0 Å². The molecular weight excluding hydrogens is 249 g/mol. The third-order valence-electron chi connectivity index (χ3n) is 2.01. The maximum absolute atomic E-state index is 12.1. The van der Waals surface area contributed by atoms with Crippen molar-refractivity contribution in [2.75, 3.05) is 13.8 Å². The van der Waals surface area contributed by atoms with Gasteiger partial charge in [-0.2, -0.15) is 0 Å². The maximum atomic E-state index is 12.1. The molecule has 14 heavy (non-hydrogen) atoms. The second kappa shape index (κ2) is 5.32. The lowest BCUT2D eigenvalue weighted by atomic mass is 10.0. The number of rotatable bonds is 4. The molecular formula is C10H13BrFNO. The van der Waals surface area contributed by atoms with Gasteiger partial charge in [-0.1, -0.05) is 15.9 Å². The maximum Gasteiger partial charge on any atom is 0.123 e. The average molecular weight is 262 g/mol. The van der Waals surface area contributed by atoms with Crippen molar-refractivity contribution < 1.29 is 9.13 Å². The molecule has 0 heterocycles. The van der Waals surface area contributed by atoms with Crippen molar-refractivity contribution in [2.24, 2.45) is 5.73 Å². The molecule has 0 saturated heterocycles. The van der Waals surface area contributed by atoms with Gasteiger partial charge in [0.25, 0.3) is 0 Å². The molecule has 0 aliphatic rings. The first-order valence-electron chi connectivity index (χ1n) is 4.34. The Kier molecular flexibility index (Phi) is 4.35. The first-order chi connectivity index (χ1) is 6.69. The average Bonchev–Trinajstić information content (AvgIpc) is 2.18. The lowest BCUT2D eigenvalue weighted by Gasteiger charge is -2.14. The molecule has 78 valence electrons. The van der Waals surface area contributed by atoms with Gasteiger partial charge in [-0.25, -0.2) is 0 Å². The van der Waals surface area contributed by atoms with E-state index >= 15 is 0 Å². The normalized spacial score (nSPS) is 12.6. The van der Waals surface area contributed by atoms with E-state index in [2.05, 4.69) is 15.9 Å². The first-order valence-corrected chi connectivity index (χ1v) is 5.13. The Morgan fingerprint density at radius 3 is 2.86 bits per heavy atom. The van der Waals surface area contributed by atoms with Crippen LogP contribution >= 0.6 is 15.9 Å². The van der Waals surface area contributed by atoms with Gasteiger partial charge in [-0.15, -0.1) is 0 Å². The van der Waals surface area contributed by atoms with E-state index in [1.54, 1.807) is 7.11 Å². The van der Waals surface area contributed by atoms with Crippen LogP contribution in [0.4, 0.5) is 4.39 Å². The van der Waals surface area contributed by atoms with E-state index < -0.39 is 6.67 Å². The van der Waals surface area contributed by atoms with E-state index in [-0.39, 0.29) is 6.04 Å². The van der Waals surface area contributed by atoms with Crippen LogP contribution in [0.3, 0.4) is 0 Å². The predicted octanol–water partition coefficient (Wildman–Crippen LogP) is 2.82. The zero-order valence-electron chi connectivity index (χ0n) is 7.97.